The Bertz CT molecular complexity index is 1140. The number of nitrogens with one attached hydrogen (secondary N) is 1. The van der Waals surface area contributed by atoms with E-state index in [0.29, 0.717) is 21.3 Å². The van der Waals surface area contributed by atoms with Gasteiger partial charge in [0.2, 0.25) is 0 Å². The standard InChI is InChI=1S/C25H24BrNO5S/c26-21-22(32-14-20(28)29)24(25(30)31)33-23(21)17-7-4-8-19(13-17)27-18-11-9-16(10-12-18)15-5-2-1-3-6-15/h1-8,13,16,18,27H,9-12,14H2,(H,28,29)(H,30,31)/t16-,18+. The Hall–Kier alpha value is -2.84. The Morgan fingerprint density at radius 2 is 1.76 bits per heavy atom. The van der Waals surface area contributed by atoms with E-state index in [4.69, 9.17) is 9.84 Å². The normalized spacial score (nSPS) is 18.0. The molecule has 1 aliphatic rings. The lowest BCUT2D eigenvalue weighted by Gasteiger charge is -2.30. The van der Waals surface area contributed by atoms with Crippen LogP contribution in [0.3, 0.4) is 0 Å². The van der Waals surface area contributed by atoms with Crippen LogP contribution in [0.5, 0.6) is 5.75 Å². The fraction of sp³-hybridized carbons (Fsp3) is 0.280. The number of rotatable bonds is 8. The van der Waals surface area contributed by atoms with Crippen LogP contribution in [0.2, 0.25) is 0 Å². The molecule has 0 aliphatic heterocycles. The molecule has 0 atom stereocenters. The molecule has 0 radical (unpaired) electrons. The number of hydrogen-bond donors (Lipinski definition) is 3. The number of carboxylic acid groups (broad SMARTS) is 2. The van der Waals surface area contributed by atoms with Crippen LogP contribution < -0.4 is 10.1 Å². The third kappa shape index (κ3) is 5.57. The first kappa shape index (κ1) is 23.3. The maximum Gasteiger partial charge on any atom is 0.349 e. The van der Waals surface area contributed by atoms with Crippen molar-refractivity contribution in [3.05, 3.63) is 69.5 Å². The summed E-state index contributed by atoms with van der Waals surface area (Å²) >= 11 is 4.48. The molecule has 1 saturated carbocycles. The highest BCUT2D eigenvalue weighted by molar-refractivity contribution is 9.10. The number of benzene rings is 2. The summed E-state index contributed by atoms with van der Waals surface area (Å²) in [6, 6.07) is 18.9. The van der Waals surface area contributed by atoms with Crippen molar-refractivity contribution in [2.75, 3.05) is 11.9 Å². The number of anilines is 1. The van der Waals surface area contributed by atoms with Gasteiger partial charge in [-0.05, 0) is 70.8 Å². The Morgan fingerprint density at radius 1 is 1.03 bits per heavy atom. The molecular formula is C25H24BrNO5S. The van der Waals surface area contributed by atoms with Crippen molar-refractivity contribution in [1.82, 2.24) is 0 Å². The predicted octanol–water partition coefficient (Wildman–Crippen LogP) is 6.48. The molecule has 1 heterocycles. The first-order valence-electron chi connectivity index (χ1n) is 10.7. The molecule has 0 spiro atoms. The molecule has 3 aromatic rings. The van der Waals surface area contributed by atoms with Gasteiger partial charge in [0.05, 0.1) is 9.35 Å². The second-order valence-corrected chi connectivity index (χ2v) is 9.89. The minimum absolute atomic E-state index is 0.0317. The van der Waals surface area contributed by atoms with Crippen molar-refractivity contribution >= 4 is 44.9 Å². The summed E-state index contributed by atoms with van der Waals surface area (Å²) in [6.45, 7) is -0.609. The molecular weight excluding hydrogens is 506 g/mol. The zero-order valence-corrected chi connectivity index (χ0v) is 20.2. The molecule has 0 bridgehead atoms. The lowest BCUT2D eigenvalue weighted by atomic mass is 9.82. The Kier molecular flexibility index (Phi) is 7.35. The molecule has 2 aromatic carbocycles. The molecule has 3 N–H and O–H groups in total. The van der Waals surface area contributed by atoms with E-state index in [2.05, 4.69) is 51.6 Å². The van der Waals surface area contributed by atoms with Gasteiger partial charge in [-0.25, -0.2) is 9.59 Å². The minimum atomic E-state index is -1.17. The quantitative estimate of drug-likeness (QED) is 0.309. The molecule has 0 saturated heterocycles. The average Bonchev–Trinajstić information content (AvgIpc) is 3.15. The van der Waals surface area contributed by atoms with Crippen LogP contribution in [0.1, 0.15) is 46.8 Å². The smallest absolute Gasteiger partial charge is 0.349 e. The van der Waals surface area contributed by atoms with Crippen LogP contribution in [0.4, 0.5) is 5.69 Å². The van der Waals surface area contributed by atoms with Crippen LogP contribution in [0, 0.1) is 0 Å². The summed E-state index contributed by atoms with van der Waals surface area (Å²) < 4.78 is 5.71. The summed E-state index contributed by atoms with van der Waals surface area (Å²) in [5.74, 6) is -1.67. The van der Waals surface area contributed by atoms with E-state index in [1.54, 1.807) is 0 Å². The van der Waals surface area contributed by atoms with Gasteiger partial charge in [0.15, 0.2) is 17.2 Å². The molecule has 1 aromatic heterocycles. The second-order valence-electron chi connectivity index (χ2n) is 8.08. The number of thiophene rings is 1. The van der Waals surface area contributed by atoms with Crippen molar-refractivity contribution < 1.29 is 24.5 Å². The topological polar surface area (TPSA) is 95.9 Å². The van der Waals surface area contributed by atoms with Crippen molar-refractivity contribution in [1.29, 1.82) is 0 Å². The van der Waals surface area contributed by atoms with E-state index in [9.17, 15) is 14.7 Å². The summed E-state index contributed by atoms with van der Waals surface area (Å²) in [4.78, 5) is 23.2. The van der Waals surface area contributed by atoms with Crippen LogP contribution >= 0.6 is 27.3 Å². The van der Waals surface area contributed by atoms with Gasteiger partial charge in [-0.15, -0.1) is 11.3 Å². The molecule has 172 valence electrons. The van der Waals surface area contributed by atoms with Gasteiger partial charge in [0.25, 0.3) is 0 Å². The van der Waals surface area contributed by atoms with E-state index in [1.807, 2.05) is 24.3 Å². The van der Waals surface area contributed by atoms with Crippen LogP contribution in [-0.2, 0) is 4.79 Å². The first-order chi connectivity index (χ1) is 15.9. The number of ether oxygens (including phenoxy) is 1. The second kappa shape index (κ2) is 10.4. The predicted molar refractivity (Wildman–Crippen MR) is 133 cm³/mol. The molecule has 1 aliphatic carbocycles. The number of carbonyl (C=O) groups is 2. The number of hydrogen-bond acceptors (Lipinski definition) is 5. The van der Waals surface area contributed by atoms with Crippen LogP contribution in [-0.4, -0.2) is 34.8 Å². The molecule has 0 amide bonds. The van der Waals surface area contributed by atoms with Gasteiger partial charge in [-0.2, -0.15) is 0 Å². The van der Waals surface area contributed by atoms with Crippen molar-refractivity contribution in [2.45, 2.75) is 37.6 Å². The van der Waals surface area contributed by atoms with E-state index in [1.165, 1.54) is 5.56 Å². The maximum absolute atomic E-state index is 11.7. The summed E-state index contributed by atoms with van der Waals surface area (Å²) in [5.41, 5.74) is 3.22. The maximum atomic E-state index is 11.7. The largest absolute Gasteiger partial charge is 0.479 e. The van der Waals surface area contributed by atoms with Gasteiger partial charge in [-0.1, -0.05) is 42.5 Å². The highest BCUT2D eigenvalue weighted by Crippen LogP contribution is 2.46. The van der Waals surface area contributed by atoms with Gasteiger partial charge in [-0.3, -0.25) is 0 Å². The minimum Gasteiger partial charge on any atom is -0.479 e. The average molecular weight is 530 g/mol. The Labute approximate surface area is 204 Å². The highest BCUT2D eigenvalue weighted by atomic mass is 79.9. The molecule has 1 fully saturated rings. The van der Waals surface area contributed by atoms with E-state index in [0.717, 1.165) is 48.3 Å². The molecule has 33 heavy (non-hydrogen) atoms. The summed E-state index contributed by atoms with van der Waals surface area (Å²) in [5, 5.41) is 22.1. The fourth-order valence-electron chi connectivity index (χ4n) is 4.27. The van der Waals surface area contributed by atoms with Crippen molar-refractivity contribution in [2.24, 2.45) is 0 Å². The third-order valence-electron chi connectivity index (χ3n) is 5.84. The lowest BCUT2D eigenvalue weighted by molar-refractivity contribution is -0.139. The zero-order valence-electron chi connectivity index (χ0n) is 17.8. The summed E-state index contributed by atoms with van der Waals surface area (Å²) in [7, 11) is 0. The number of carboxylic acids is 2. The Morgan fingerprint density at radius 3 is 2.42 bits per heavy atom. The van der Waals surface area contributed by atoms with Gasteiger partial charge in [0.1, 0.15) is 0 Å². The molecule has 0 unspecified atom stereocenters. The SMILES string of the molecule is O=C(O)COc1c(C(=O)O)sc(-c2cccc(N[C@H]3CC[C@@H](c4ccccc4)CC3)c2)c1Br. The molecule has 4 rings (SSSR count). The third-order valence-corrected chi connectivity index (χ3v) is 8.06. The molecule has 8 heteroatoms. The van der Waals surface area contributed by atoms with E-state index in [-0.39, 0.29) is 10.6 Å². The molecule has 6 nitrogen and oxygen atoms in total. The highest BCUT2D eigenvalue weighted by Gasteiger charge is 2.25. The monoisotopic (exact) mass is 529 g/mol. The lowest BCUT2D eigenvalue weighted by Crippen LogP contribution is -2.25. The fourth-order valence-corrected chi connectivity index (χ4v) is 6.16. The van der Waals surface area contributed by atoms with Crippen molar-refractivity contribution in [3.63, 3.8) is 0 Å². The van der Waals surface area contributed by atoms with E-state index < -0.39 is 18.5 Å². The number of halogens is 1. The summed E-state index contributed by atoms with van der Waals surface area (Å²) in [6.07, 6.45) is 4.46. The van der Waals surface area contributed by atoms with Crippen LogP contribution in [0.25, 0.3) is 10.4 Å². The van der Waals surface area contributed by atoms with Gasteiger partial charge >= 0.3 is 11.9 Å². The van der Waals surface area contributed by atoms with Gasteiger partial charge < -0.3 is 20.3 Å². The van der Waals surface area contributed by atoms with Crippen LogP contribution in [0.15, 0.2) is 59.1 Å². The van der Waals surface area contributed by atoms with E-state index >= 15 is 0 Å². The Balaban J connectivity index is 1.48. The first-order valence-corrected chi connectivity index (χ1v) is 12.4. The number of aromatic carboxylic acids is 1. The van der Waals surface area contributed by atoms with Crippen molar-refractivity contribution in [3.8, 4) is 16.2 Å². The zero-order chi connectivity index (χ0) is 23.4. The number of aliphatic carboxylic acids is 1. The van der Waals surface area contributed by atoms with Gasteiger partial charge in [0, 0.05) is 11.7 Å².